The van der Waals surface area contributed by atoms with Crippen LogP contribution < -0.4 is 0 Å². The number of carbonyl (C=O) groups is 1. The molecule has 1 aromatic carbocycles. The molecule has 1 saturated heterocycles. The molecule has 24 heavy (non-hydrogen) atoms. The van der Waals surface area contributed by atoms with Crippen LogP contribution in [0.3, 0.4) is 0 Å². The molecule has 7 nitrogen and oxygen atoms in total. The highest BCUT2D eigenvalue weighted by Crippen LogP contribution is 2.18. The standard InChI is InChI=1S/C17H24N4O3/c1-17(2,3)24-16(22)20(11-13-7-6-10-23-13)12-21-15-9-5-4-8-14(15)18-19-21/h4-5,8-9,13H,6-7,10-12H2,1-3H3/t13-/m0/s1. The lowest BCUT2D eigenvalue weighted by Gasteiger charge is -2.28. The number of para-hydroxylation sites is 1. The number of nitrogens with zero attached hydrogens (tertiary/aromatic N) is 4. The van der Waals surface area contributed by atoms with Crippen LogP contribution in [0.5, 0.6) is 0 Å². The van der Waals surface area contributed by atoms with Crippen LogP contribution in [0, 0.1) is 0 Å². The minimum atomic E-state index is -0.545. The molecule has 1 aromatic heterocycles. The number of ether oxygens (including phenoxy) is 2. The maximum Gasteiger partial charge on any atom is 0.411 e. The monoisotopic (exact) mass is 332 g/mol. The first kappa shape index (κ1) is 16.7. The molecule has 1 aliphatic rings. The Bertz CT molecular complexity index is 701. The van der Waals surface area contributed by atoms with Gasteiger partial charge in [-0.05, 0) is 45.7 Å². The Labute approximate surface area is 141 Å². The fourth-order valence-electron chi connectivity index (χ4n) is 2.73. The second-order valence-electron chi connectivity index (χ2n) is 7.06. The van der Waals surface area contributed by atoms with Crippen molar-refractivity contribution in [1.29, 1.82) is 0 Å². The minimum Gasteiger partial charge on any atom is -0.444 e. The highest BCUT2D eigenvalue weighted by molar-refractivity contribution is 5.74. The second-order valence-corrected chi connectivity index (χ2v) is 7.06. The average Bonchev–Trinajstić information content (AvgIpc) is 3.15. The van der Waals surface area contributed by atoms with Crippen molar-refractivity contribution in [1.82, 2.24) is 19.9 Å². The number of benzene rings is 1. The average molecular weight is 332 g/mol. The van der Waals surface area contributed by atoms with Gasteiger partial charge in [0.25, 0.3) is 0 Å². The Morgan fingerprint density at radius 2 is 2.21 bits per heavy atom. The highest BCUT2D eigenvalue weighted by atomic mass is 16.6. The van der Waals surface area contributed by atoms with Gasteiger partial charge in [-0.1, -0.05) is 17.3 Å². The number of carbonyl (C=O) groups excluding carboxylic acids is 1. The van der Waals surface area contributed by atoms with E-state index in [1.807, 2.05) is 45.0 Å². The van der Waals surface area contributed by atoms with E-state index in [4.69, 9.17) is 9.47 Å². The van der Waals surface area contributed by atoms with E-state index in [0.717, 1.165) is 30.5 Å². The zero-order chi connectivity index (χ0) is 17.2. The van der Waals surface area contributed by atoms with Crippen LogP contribution in [0.1, 0.15) is 33.6 Å². The van der Waals surface area contributed by atoms with E-state index >= 15 is 0 Å². The third kappa shape index (κ3) is 4.03. The van der Waals surface area contributed by atoms with E-state index in [1.165, 1.54) is 0 Å². The van der Waals surface area contributed by atoms with Crippen molar-refractivity contribution in [2.24, 2.45) is 0 Å². The van der Waals surface area contributed by atoms with E-state index in [1.54, 1.807) is 9.58 Å². The lowest BCUT2D eigenvalue weighted by atomic mass is 10.2. The van der Waals surface area contributed by atoms with Crippen molar-refractivity contribution < 1.29 is 14.3 Å². The van der Waals surface area contributed by atoms with Crippen LogP contribution in [0.4, 0.5) is 4.79 Å². The topological polar surface area (TPSA) is 69.5 Å². The van der Waals surface area contributed by atoms with Crippen LogP contribution in [-0.4, -0.2) is 50.8 Å². The fraction of sp³-hybridized carbons (Fsp3) is 0.588. The number of hydrogen-bond acceptors (Lipinski definition) is 5. The van der Waals surface area contributed by atoms with Crippen molar-refractivity contribution in [3.8, 4) is 0 Å². The van der Waals surface area contributed by atoms with Crippen molar-refractivity contribution in [2.45, 2.75) is 52.0 Å². The van der Waals surface area contributed by atoms with Crippen LogP contribution in [0.2, 0.25) is 0 Å². The zero-order valence-corrected chi connectivity index (χ0v) is 14.4. The van der Waals surface area contributed by atoms with Gasteiger partial charge in [0, 0.05) is 6.61 Å². The predicted molar refractivity (Wildman–Crippen MR) is 89.4 cm³/mol. The molecule has 0 unspecified atom stereocenters. The Hall–Kier alpha value is -2.15. The maximum atomic E-state index is 12.6. The van der Waals surface area contributed by atoms with E-state index in [0.29, 0.717) is 6.54 Å². The van der Waals surface area contributed by atoms with Gasteiger partial charge < -0.3 is 9.47 Å². The largest absolute Gasteiger partial charge is 0.444 e. The molecule has 1 aliphatic heterocycles. The lowest BCUT2D eigenvalue weighted by molar-refractivity contribution is 0.00231. The molecule has 0 saturated carbocycles. The van der Waals surface area contributed by atoms with Gasteiger partial charge in [-0.3, -0.25) is 4.90 Å². The van der Waals surface area contributed by atoms with E-state index in [2.05, 4.69) is 10.3 Å². The van der Waals surface area contributed by atoms with Gasteiger partial charge in [-0.15, -0.1) is 5.10 Å². The Morgan fingerprint density at radius 3 is 2.92 bits per heavy atom. The third-order valence-corrected chi connectivity index (χ3v) is 3.82. The van der Waals surface area contributed by atoms with E-state index in [9.17, 15) is 4.79 Å². The summed E-state index contributed by atoms with van der Waals surface area (Å²) in [5.41, 5.74) is 1.15. The van der Waals surface area contributed by atoms with Gasteiger partial charge >= 0.3 is 6.09 Å². The molecule has 0 spiro atoms. The van der Waals surface area contributed by atoms with Crippen LogP contribution >= 0.6 is 0 Å². The summed E-state index contributed by atoms with van der Waals surface area (Å²) in [5, 5.41) is 8.31. The molecular formula is C17H24N4O3. The molecule has 0 aliphatic carbocycles. The summed E-state index contributed by atoms with van der Waals surface area (Å²) in [6.07, 6.45) is 1.67. The summed E-state index contributed by atoms with van der Waals surface area (Å²) >= 11 is 0. The molecular weight excluding hydrogens is 308 g/mol. The molecule has 1 atom stereocenters. The molecule has 0 bridgehead atoms. The fourth-order valence-corrected chi connectivity index (χ4v) is 2.73. The molecule has 2 aromatic rings. The summed E-state index contributed by atoms with van der Waals surface area (Å²) in [4.78, 5) is 14.2. The molecule has 3 rings (SSSR count). The normalized spacial score (nSPS) is 18.0. The summed E-state index contributed by atoms with van der Waals surface area (Å²) in [5.74, 6) is 0. The van der Waals surface area contributed by atoms with Crippen LogP contribution in [0.25, 0.3) is 11.0 Å². The number of fused-ring (bicyclic) bond motifs is 1. The summed E-state index contributed by atoms with van der Waals surface area (Å²) in [6.45, 7) is 7.11. The third-order valence-electron chi connectivity index (χ3n) is 3.82. The zero-order valence-electron chi connectivity index (χ0n) is 14.4. The molecule has 1 amide bonds. The van der Waals surface area contributed by atoms with Crippen LogP contribution in [0.15, 0.2) is 24.3 Å². The first-order valence-corrected chi connectivity index (χ1v) is 8.30. The van der Waals surface area contributed by atoms with Gasteiger partial charge in [-0.2, -0.15) is 0 Å². The first-order valence-electron chi connectivity index (χ1n) is 8.30. The van der Waals surface area contributed by atoms with Gasteiger partial charge in [0.2, 0.25) is 0 Å². The molecule has 7 heteroatoms. The second kappa shape index (κ2) is 6.76. The summed E-state index contributed by atoms with van der Waals surface area (Å²) in [7, 11) is 0. The predicted octanol–water partition coefficient (Wildman–Crippen LogP) is 2.80. The number of amides is 1. The van der Waals surface area contributed by atoms with Gasteiger partial charge in [0.05, 0.1) is 18.2 Å². The van der Waals surface area contributed by atoms with Crippen molar-refractivity contribution in [2.75, 3.05) is 13.2 Å². The van der Waals surface area contributed by atoms with Gasteiger partial charge in [-0.25, -0.2) is 9.48 Å². The Balaban J connectivity index is 1.79. The van der Waals surface area contributed by atoms with Crippen molar-refractivity contribution in [3.05, 3.63) is 24.3 Å². The van der Waals surface area contributed by atoms with Gasteiger partial charge in [0.15, 0.2) is 0 Å². The number of rotatable bonds is 4. The molecule has 130 valence electrons. The smallest absolute Gasteiger partial charge is 0.411 e. The van der Waals surface area contributed by atoms with Crippen molar-refractivity contribution >= 4 is 17.1 Å². The summed E-state index contributed by atoms with van der Waals surface area (Å²) < 4.78 is 12.9. The Morgan fingerprint density at radius 1 is 1.42 bits per heavy atom. The quantitative estimate of drug-likeness (QED) is 0.861. The molecule has 0 N–H and O–H groups in total. The maximum absolute atomic E-state index is 12.6. The number of hydrogen-bond donors (Lipinski definition) is 0. The minimum absolute atomic E-state index is 0.0484. The van der Waals surface area contributed by atoms with Crippen LogP contribution in [-0.2, 0) is 16.1 Å². The highest BCUT2D eigenvalue weighted by Gasteiger charge is 2.27. The lowest BCUT2D eigenvalue weighted by Crippen LogP contribution is -2.42. The van der Waals surface area contributed by atoms with Gasteiger partial charge in [0.1, 0.15) is 17.8 Å². The Kier molecular flexibility index (Phi) is 4.71. The van der Waals surface area contributed by atoms with Crippen molar-refractivity contribution in [3.63, 3.8) is 0 Å². The first-order chi connectivity index (χ1) is 11.4. The van der Waals surface area contributed by atoms with E-state index in [-0.39, 0.29) is 18.9 Å². The molecule has 0 radical (unpaired) electrons. The SMILES string of the molecule is CC(C)(C)OC(=O)N(C[C@@H]1CCCO1)Cn1nnc2ccccc21. The summed E-state index contributed by atoms with van der Waals surface area (Å²) in [6, 6.07) is 7.69. The molecule has 2 heterocycles. The molecule has 1 fully saturated rings. The number of aromatic nitrogens is 3. The van der Waals surface area contributed by atoms with E-state index < -0.39 is 5.60 Å².